The maximum atomic E-state index is 11.6. The molecule has 0 radical (unpaired) electrons. The van der Waals surface area contributed by atoms with Gasteiger partial charge in [-0.3, -0.25) is 14.4 Å². The number of imide groups is 1. The van der Waals surface area contributed by atoms with Crippen LogP contribution in [0.15, 0.2) is 0 Å². The van der Waals surface area contributed by atoms with Gasteiger partial charge in [-0.2, -0.15) is 0 Å². The minimum absolute atomic E-state index is 0.0226. The summed E-state index contributed by atoms with van der Waals surface area (Å²) >= 11 is 0. The van der Waals surface area contributed by atoms with E-state index in [4.69, 9.17) is 14.3 Å². The Kier molecular flexibility index (Phi) is 6.21. The van der Waals surface area contributed by atoms with Crippen LogP contribution in [0.1, 0.15) is 25.7 Å². The van der Waals surface area contributed by atoms with Crippen molar-refractivity contribution in [3.63, 3.8) is 0 Å². The fourth-order valence-electron chi connectivity index (χ4n) is 1.90. The predicted molar refractivity (Wildman–Crippen MR) is 71.0 cm³/mol. The Morgan fingerprint density at radius 3 is 2.21 bits per heavy atom. The zero-order valence-corrected chi connectivity index (χ0v) is 12.7. The van der Waals surface area contributed by atoms with E-state index in [1.54, 1.807) is 0 Å². The standard InChI is InChI=1S/C13H16N2O9/c16-9-2-1-5-21-8-14(9)23-12(19)6-22-7-13(20)24-15-10(17)3-4-11(15)18/h1-8H2. The van der Waals surface area contributed by atoms with Crippen molar-refractivity contribution in [1.82, 2.24) is 10.1 Å². The van der Waals surface area contributed by atoms with Crippen LogP contribution in [0.3, 0.4) is 0 Å². The van der Waals surface area contributed by atoms with Gasteiger partial charge in [-0.25, -0.2) is 9.59 Å². The van der Waals surface area contributed by atoms with E-state index in [9.17, 15) is 24.0 Å². The summed E-state index contributed by atoms with van der Waals surface area (Å²) < 4.78 is 9.83. The molecule has 3 amide bonds. The molecule has 0 aromatic rings. The van der Waals surface area contributed by atoms with Crippen LogP contribution in [0.2, 0.25) is 0 Å². The van der Waals surface area contributed by atoms with Gasteiger partial charge in [0.1, 0.15) is 13.2 Å². The fourth-order valence-corrected chi connectivity index (χ4v) is 1.90. The summed E-state index contributed by atoms with van der Waals surface area (Å²) in [6, 6.07) is 0. The van der Waals surface area contributed by atoms with Crippen LogP contribution in [0.25, 0.3) is 0 Å². The van der Waals surface area contributed by atoms with Gasteiger partial charge in [0, 0.05) is 25.9 Å². The lowest BCUT2D eigenvalue weighted by Gasteiger charge is -2.18. The van der Waals surface area contributed by atoms with E-state index in [0.29, 0.717) is 18.1 Å². The van der Waals surface area contributed by atoms with Crippen LogP contribution >= 0.6 is 0 Å². The molecular formula is C13H16N2O9. The van der Waals surface area contributed by atoms with Crippen molar-refractivity contribution in [1.29, 1.82) is 0 Å². The van der Waals surface area contributed by atoms with Crippen molar-refractivity contribution in [3.05, 3.63) is 0 Å². The number of amides is 3. The second kappa shape index (κ2) is 8.36. The Balaban J connectivity index is 1.66. The van der Waals surface area contributed by atoms with Crippen LogP contribution < -0.4 is 0 Å². The number of nitrogens with zero attached hydrogens (tertiary/aromatic N) is 2. The van der Waals surface area contributed by atoms with Gasteiger partial charge in [-0.15, -0.1) is 10.1 Å². The highest BCUT2D eigenvalue weighted by atomic mass is 16.8. The van der Waals surface area contributed by atoms with Gasteiger partial charge in [0.2, 0.25) is 0 Å². The second-order valence-electron chi connectivity index (χ2n) is 4.91. The molecule has 0 aliphatic carbocycles. The monoisotopic (exact) mass is 344 g/mol. The topological polar surface area (TPSA) is 129 Å². The average Bonchev–Trinajstić information content (AvgIpc) is 2.73. The van der Waals surface area contributed by atoms with Crippen LogP contribution in [0.5, 0.6) is 0 Å². The van der Waals surface area contributed by atoms with Crippen LogP contribution in [0.4, 0.5) is 0 Å². The molecule has 11 heteroatoms. The van der Waals surface area contributed by atoms with Gasteiger partial charge < -0.3 is 19.1 Å². The molecule has 0 saturated carbocycles. The van der Waals surface area contributed by atoms with E-state index in [2.05, 4.69) is 4.84 Å². The Morgan fingerprint density at radius 1 is 0.917 bits per heavy atom. The van der Waals surface area contributed by atoms with Crippen molar-refractivity contribution in [2.45, 2.75) is 25.7 Å². The van der Waals surface area contributed by atoms with Crippen molar-refractivity contribution in [3.8, 4) is 0 Å². The summed E-state index contributed by atoms with van der Waals surface area (Å²) in [5, 5.41) is 1.15. The predicted octanol–water partition coefficient (Wildman–Crippen LogP) is -1.34. The molecule has 0 N–H and O–H groups in total. The summed E-state index contributed by atoms with van der Waals surface area (Å²) in [5.74, 6) is -3.55. The summed E-state index contributed by atoms with van der Waals surface area (Å²) in [4.78, 5) is 66.3. The number of hydrogen-bond donors (Lipinski definition) is 0. The molecular weight excluding hydrogens is 328 g/mol. The highest BCUT2D eigenvalue weighted by Crippen LogP contribution is 2.12. The molecule has 2 fully saturated rings. The largest absolute Gasteiger partial charge is 0.358 e. The smallest absolute Gasteiger partial charge is 0.358 e. The van der Waals surface area contributed by atoms with E-state index in [1.165, 1.54) is 0 Å². The molecule has 2 saturated heterocycles. The number of ether oxygens (including phenoxy) is 2. The van der Waals surface area contributed by atoms with E-state index in [0.717, 1.165) is 5.06 Å². The first-order valence-corrected chi connectivity index (χ1v) is 7.20. The van der Waals surface area contributed by atoms with Gasteiger partial charge in [0.25, 0.3) is 17.7 Å². The molecule has 0 bridgehead atoms. The third-order valence-electron chi connectivity index (χ3n) is 3.02. The van der Waals surface area contributed by atoms with Crippen LogP contribution in [-0.4, -0.2) is 66.3 Å². The maximum absolute atomic E-state index is 11.6. The first-order valence-electron chi connectivity index (χ1n) is 7.20. The molecule has 0 atom stereocenters. The Morgan fingerprint density at radius 2 is 1.54 bits per heavy atom. The average molecular weight is 344 g/mol. The number of hydroxylamine groups is 4. The Hall–Kier alpha value is -2.53. The van der Waals surface area contributed by atoms with E-state index < -0.39 is 42.9 Å². The summed E-state index contributed by atoms with van der Waals surface area (Å²) in [6.45, 7) is -1.08. The minimum atomic E-state index is -1.01. The van der Waals surface area contributed by atoms with E-state index in [1.807, 2.05) is 0 Å². The number of rotatable bonds is 6. The Labute approximate surface area is 136 Å². The highest BCUT2D eigenvalue weighted by molar-refractivity contribution is 6.01. The summed E-state index contributed by atoms with van der Waals surface area (Å²) in [6.07, 6.45) is 0.679. The van der Waals surface area contributed by atoms with Crippen molar-refractivity contribution < 1.29 is 43.1 Å². The van der Waals surface area contributed by atoms with E-state index >= 15 is 0 Å². The van der Waals surface area contributed by atoms with Gasteiger partial charge in [0.15, 0.2) is 6.73 Å². The lowest BCUT2D eigenvalue weighted by molar-refractivity contribution is -0.216. The molecule has 2 aliphatic rings. The molecule has 0 aromatic heterocycles. The van der Waals surface area contributed by atoms with Crippen LogP contribution in [0, 0.1) is 0 Å². The summed E-state index contributed by atoms with van der Waals surface area (Å²) in [7, 11) is 0. The normalized spacial score (nSPS) is 18.6. The number of carbonyl (C=O) groups excluding carboxylic acids is 5. The van der Waals surface area contributed by atoms with Gasteiger partial charge in [-0.05, 0) is 6.42 Å². The molecule has 11 nitrogen and oxygen atoms in total. The first-order chi connectivity index (χ1) is 11.5. The molecule has 24 heavy (non-hydrogen) atoms. The molecule has 2 heterocycles. The highest BCUT2D eigenvalue weighted by Gasteiger charge is 2.32. The molecule has 0 unspecified atom stereocenters. The van der Waals surface area contributed by atoms with Crippen molar-refractivity contribution in [2.24, 2.45) is 0 Å². The van der Waals surface area contributed by atoms with Crippen LogP contribution in [-0.2, 0) is 43.1 Å². The quantitative estimate of drug-likeness (QED) is 0.538. The second-order valence-corrected chi connectivity index (χ2v) is 4.91. The third kappa shape index (κ3) is 4.99. The lowest BCUT2D eigenvalue weighted by atomic mass is 10.3. The SMILES string of the molecule is O=C(COCC(=O)ON1C(=O)CCC1=O)ON1COCCCC1=O. The zero-order valence-electron chi connectivity index (χ0n) is 12.7. The minimum Gasteiger partial charge on any atom is -0.358 e. The maximum Gasteiger partial charge on any atom is 0.358 e. The molecule has 2 rings (SSSR count). The Bertz CT molecular complexity index is 532. The molecule has 132 valence electrons. The third-order valence-corrected chi connectivity index (χ3v) is 3.02. The van der Waals surface area contributed by atoms with Gasteiger partial charge >= 0.3 is 11.9 Å². The molecule has 0 aromatic carbocycles. The van der Waals surface area contributed by atoms with Gasteiger partial charge in [0.05, 0.1) is 0 Å². The van der Waals surface area contributed by atoms with Gasteiger partial charge in [-0.1, -0.05) is 0 Å². The fraction of sp³-hybridized carbons (Fsp3) is 0.615. The van der Waals surface area contributed by atoms with Crippen molar-refractivity contribution >= 4 is 29.7 Å². The number of hydrogen-bond acceptors (Lipinski definition) is 9. The lowest BCUT2D eigenvalue weighted by Crippen LogP contribution is -2.36. The summed E-state index contributed by atoms with van der Waals surface area (Å²) in [5.41, 5.74) is 0. The van der Waals surface area contributed by atoms with Crippen molar-refractivity contribution in [2.75, 3.05) is 26.6 Å². The first kappa shape index (κ1) is 17.8. The molecule has 0 spiro atoms. The molecule has 2 aliphatic heterocycles. The number of carbonyl (C=O) groups is 5. The van der Waals surface area contributed by atoms with E-state index in [-0.39, 0.29) is 26.0 Å². The zero-order chi connectivity index (χ0) is 17.5.